The minimum atomic E-state index is 0.404. The largest absolute Gasteiger partial charge is 0.489 e. The molecule has 0 spiro atoms. The molecule has 2 N–H and O–H groups in total. The monoisotopic (exact) mass is 335 g/mol. The Balaban J connectivity index is 2.07. The number of aryl methyl sites for hydroxylation is 1. The lowest BCUT2D eigenvalue weighted by molar-refractivity contribution is 0.306. The lowest BCUT2D eigenvalue weighted by atomic mass is 10.1. The highest BCUT2D eigenvalue weighted by Gasteiger charge is 2.01. The van der Waals surface area contributed by atoms with E-state index in [9.17, 15) is 0 Å². The molecule has 0 saturated carbocycles. The number of rotatable bonds is 4. The molecule has 2 aromatic carbocycles. The average molecular weight is 336 g/mol. The number of ether oxygens (including phenoxy) is 1. The zero-order valence-electron chi connectivity index (χ0n) is 10.5. The van der Waals surface area contributed by atoms with Crippen LogP contribution in [-0.2, 0) is 6.61 Å². The predicted octanol–water partition coefficient (Wildman–Crippen LogP) is 3.97. The van der Waals surface area contributed by atoms with Gasteiger partial charge in [-0.3, -0.25) is 0 Å². The van der Waals surface area contributed by atoms with Crippen molar-refractivity contribution in [3.8, 4) is 5.75 Å². The second kappa shape index (κ2) is 6.17. The standard InChI is InChI=1S/C15H14BrNOS/c1-10-7-13(5-6-14(10)16)18-9-11-3-2-4-12(8-11)15(17)19/h2-8H,9H2,1H3,(H2,17,19). The summed E-state index contributed by atoms with van der Waals surface area (Å²) < 4.78 is 6.84. The summed E-state index contributed by atoms with van der Waals surface area (Å²) in [6.45, 7) is 2.53. The van der Waals surface area contributed by atoms with Gasteiger partial charge in [-0.05, 0) is 42.3 Å². The molecule has 19 heavy (non-hydrogen) atoms. The van der Waals surface area contributed by atoms with E-state index in [0.29, 0.717) is 11.6 Å². The van der Waals surface area contributed by atoms with Gasteiger partial charge in [0, 0.05) is 10.0 Å². The van der Waals surface area contributed by atoms with Crippen LogP contribution >= 0.6 is 28.1 Å². The third kappa shape index (κ3) is 3.78. The Morgan fingerprint density at radius 2 is 2.05 bits per heavy atom. The summed E-state index contributed by atoms with van der Waals surface area (Å²) in [5.74, 6) is 0.849. The molecule has 0 aromatic heterocycles. The maximum atomic E-state index is 5.76. The number of thiocarbonyl (C=S) groups is 1. The van der Waals surface area contributed by atoms with Crippen molar-refractivity contribution < 1.29 is 4.74 Å². The molecular weight excluding hydrogens is 322 g/mol. The van der Waals surface area contributed by atoms with Crippen LogP contribution in [0.4, 0.5) is 0 Å². The molecule has 0 heterocycles. The summed E-state index contributed by atoms with van der Waals surface area (Å²) in [5, 5.41) is 0. The van der Waals surface area contributed by atoms with Crippen molar-refractivity contribution >= 4 is 33.1 Å². The van der Waals surface area contributed by atoms with Crippen LogP contribution in [0.5, 0.6) is 5.75 Å². The van der Waals surface area contributed by atoms with Crippen molar-refractivity contribution in [2.75, 3.05) is 0 Å². The molecule has 0 aliphatic carbocycles. The fourth-order valence-electron chi connectivity index (χ4n) is 1.69. The summed E-state index contributed by atoms with van der Waals surface area (Å²) in [5.41, 5.74) is 8.67. The second-order valence-electron chi connectivity index (χ2n) is 4.26. The van der Waals surface area contributed by atoms with Gasteiger partial charge in [-0.1, -0.05) is 46.3 Å². The van der Waals surface area contributed by atoms with Crippen LogP contribution in [0.15, 0.2) is 46.9 Å². The van der Waals surface area contributed by atoms with Crippen molar-refractivity contribution in [1.82, 2.24) is 0 Å². The van der Waals surface area contributed by atoms with Gasteiger partial charge in [0.15, 0.2) is 0 Å². The third-order valence-electron chi connectivity index (χ3n) is 2.75. The van der Waals surface area contributed by atoms with Crippen LogP contribution in [0.25, 0.3) is 0 Å². The number of hydrogen-bond acceptors (Lipinski definition) is 2. The zero-order chi connectivity index (χ0) is 13.8. The molecule has 0 saturated heterocycles. The summed E-state index contributed by atoms with van der Waals surface area (Å²) in [6.07, 6.45) is 0. The molecule has 2 rings (SSSR count). The molecular formula is C15H14BrNOS. The summed E-state index contributed by atoms with van der Waals surface area (Å²) in [7, 11) is 0. The highest BCUT2D eigenvalue weighted by Crippen LogP contribution is 2.22. The first-order chi connectivity index (χ1) is 9.06. The van der Waals surface area contributed by atoms with E-state index in [1.165, 1.54) is 0 Å². The van der Waals surface area contributed by atoms with Crippen LogP contribution in [0.2, 0.25) is 0 Å². The summed E-state index contributed by atoms with van der Waals surface area (Å²) >= 11 is 8.43. The predicted molar refractivity (Wildman–Crippen MR) is 85.5 cm³/mol. The third-order valence-corrected chi connectivity index (χ3v) is 3.87. The molecule has 2 nitrogen and oxygen atoms in total. The van der Waals surface area contributed by atoms with Gasteiger partial charge in [-0.2, -0.15) is 0 Å². The van der Waals surface area contributed by atoms with Gasteiger partial charge in [-0.25, -0.2) is 0 Å². The smallest absolute Gasteiger partial charge is 0.120 e. The van der Waals surface area contributed by atoms with E-state index in [4.69, 9.17) is 22.7 Å². The normalized spacial score (nSPS) is 10.2. The summed E-state index contributed by atoms with van der Waals surface area (Å²) in [4.78, 5) is 0.404. The quantitative estimate of drug-likeness (QED) is 0.858. The Morgan fingerprint density at radius 3 is 2.74 bits per heavy atom. The van der Waals surface area contributed by atoms with E-state index in [0.717, 1.165) is 26.9 Å². The van der Waals surface area contributed by atoms with Gasteiger partial charge in [0.05, 0.1) is 0 Å². The van der Waals surface area contributed by atoms with E-state index in [2.05, 4.69) is 15.9 Å². The lowest BCUT2D eigenvalue weighted by Gasteiger charge is -2.09. The SMILES string of the molecule is Cc1cc(OCc2cccc(C(N)=S)c2)ccc1Br. The molecule has 98 valence electrons. The Bertz CT molecular complexity index is 613. The van der Waals surface area contributed by atoms with Gasteiger partial charge in [0.2, 0.25) is 0 Å². The number of hydrogen-bond donors (Lipinski definition) is 1. The Kier molecular flexibility index (Phi) is 4.56. The molecule has 4 heteroatoms. The van der Waals surface area contributed by atoms with Gasteiger partial charge in [0.25, 0.3) is 0 Å². The van der Waals surface area contributed by atoms with Crippen LogP contribution in [-0.4, -0.2) is 4.99 Å². The highest BCUT2D eigenvalue weighted by molar-refractivity contribution is 9.10. The molecule has 0 radical (unpaired) electrons. The molecule has 0 amide bonds. The van der Waals surface area contributed by atoms with Gasteiger partial charge >= 0.3 is 0 Å². The zero-order valence-corrected chi connectivity index (χ0v) is 12.9. The minimum Gasteiger partial charge on any atom is -0.489 e. The molecule has 0 aliphatic heterocycles. The first kappa shape index (κ1) is 14.0. The molecule has 2 aromatic rings. The molecule has 0 fully saturated rings. The van der Waals surface area contributed by atoms with E-state index in [1.54, 1.807) is 0 Å². The van der Waals surface area contributed by atoms with Gasteiger partial charge < -0.3 is 10.5 Å². The van der Waals surface area contributed by atoms with Crippen molar-refractivity contribution in [2.24, 2.45) is 5.73 Å². The van der Waals surface area contributed by atoms with E-state index >= 15 is 0 Å². The summed E-state index contributed by atoms with van der Waals surface area (Å²) in [6, 6.07) is 13.7. The van der Waals surface area contributed by atoms with Crippen molar-refractivity contribution in [1.29, 1.82) is 0 Å². The van der Waals surface area contributed by atoms with Crippen LogP contribution in [0.3, 0.4) is 0 Å². The van der Waals surface area contributed by atoms with Crippen molar-refractivity contribution in [3.63, 3.8) is 0 Å². The lowest BCUT2D eigenvalue weighted by Crippen LogP contribution is -2.09. The topological polar surface area (TPSA) is 35.2 Å². The fourth-order valence-corrected chi connectivity index (χ4v) is 2.06. The maximum absolute atomic E-state index is 5.76. The molecule has 0 atom stereocenters. The van der Waals surface area contributed by atoms with Crippen molar-refractivity contribution in [3.05, 3.63) is 63.6 Å². The maximum Gasteiger partial charge on any atom is 0.120 e. The Morgan fingerprint density at radius 1 is 1.26 bits per heavy atom. The van der Waals surface area contributed by atoms with Crippen molar-refractivity contribution in [2.45, 2.75) is 13.5 Å². The Labute approximate surface area is 126 Å². The highest BCUT2D eigenvalue weighted by atomic mass is 79.9. The minimum absolute atomic E-state index is 0.404. The van der Waals surface area contributed by atoms with Crippen LogP contribution in [0, 0.1) is 6.92 Å². The van der Waals surface area contributed by atoms with E-state index < -0.39 is 0 Å². The first-order valence-electron chi connectivity index (χ1n) is 5.84. The average Bonchev–Trinajstić information content (AvgIpc) is 2.40. The Hall–Kier alpha value is -1.39. The number of nitrogens with two attached hydrogens (primary N) is 1. The number of benzene rings is 2. The first-order valence-corrected chi connectivity index (χ1v) is 7.04. The fraction of sp³-hybridized carbons (Fsp3) is 0.133. The second-order valence-corrected chi connectivity index (χ2v) is 5.56. The van der Waals surface area contributed by atoms with Crippen LogP contribution in [0.1, 0.15) is 16.7 Å². The molecule has 0 aliphatic rings. The van der Waals surface area contributed by atoms with E-state index in [-0.39, 0.29) is 0 Å². The van der Waals surface area contributed by atoms with Crippen LogP contribution < -0.4 is 10.5 Å². The van der Waals surface area contributed by atoms with Gasteiger partial charge in [0.1, 0.15) is 17.3 Å². The molecule has 0 unspecified atom stereocenters. The molecule has 0 bridgehead atoms. The van der Waals surface area contributed by atoms with E-state index in [1.807, 2.05) is 49.4 Å². The number of halogens is 1. The van der Waals surface area contributed by atoms with Gasteiger partial charge in [-0.15, -0.1) is 0 Å².